The minimum Gasteiger partial charge on any atom is -0.351 e. The van der Waals surface area contributed by atoms with E-state index in [1.54, 1.807) is 0 Å². The van der Waals surface area contributed by atoms with E-state index in [0.717, 1.165) is 17.2 Å². The summed E-state index contributed by atoms with van der Waals surface area (Å²) in [5, 5.41) is 6.19. The van der Waals surface area contributed by atoms with Crippen molar-refractivity contribution in [1.82, 2.24) is 10.6 Å². The van der Waals surface area contributed by atoms with E-state index < -0.39 is 15.9 Å². The zero-order valence-corrected chi connectivity index (χ0v) is 13.4. The molecular formula is C15H20N2O4S. The van der Waals surface area contributed by atoms with Crippen molar-refractivity contribution in [3.8, 4) is 0 Å². The zero-order valence-electron chi connectivity index (χ0n) is 12.6. The number of nitrogens with one attached hydrogen (secondary N) is 2. The Labute approximate surface area is 130 Å². The van der Waals surface area contributed by atoms with Gasteiger partial charge in [0.1, 0.15) is 6.04 Å². The molecular weight excluding hydrogens is 304 g/mol. The summed E-state index contributed by atoms with van der Waals surface area (Å²) in [7, 11) is -3.21. The molecule has 0 unspecified atom stereocenters. The summed E-state index contributed by atoms with van der Waals surface area (Å²) >= 11 is 0. The van der Waals surface area contributed by atoms with Gasteiger partial charge in [-0.15, -0.1) is 0 Å². The van der Waals surface area contributed by atoms with E-state index in [0.29, 0.717) is 6.42 Å². The Hall–Kier alpha value is -2.15. The Morgan fingerprint density at radius 2 is 1.86 bits per heavy atom. The molecule has 2 amide bonds. The van der Waals surface area contributed by atoms with Crippen LogP contribution in [-0.4, -0.2) is 39.1 Å². The maximum atomic E-state index is 12.1. The van der Waals surface area contributed by atoms with Gasteiger partial charge in [-0.05, 0) is 5.56 Å². The maximum absolute atomic E-state index is 12.1. The fraction of sp³-hybridized carbons (Fsp3) is 0.333. The lowest BCUT2D eigenvalue weighted by Crippen LogP contribution is -2.47. The first-order valence-electron chi connectivity index (χ1n) is 6.73. The Bertz CT molecular complexity index is 639. The summed E-state index contributed by atoms with van der Waals surface area (Å²) in [6.07, 6.45) is 2.78. The Balaban J connectivity index is 2.65. The summed E-state index contributed by atoms with van der Waals surface area (Å²) in [5.41, 5.74) is 0.920. The molecule has 0 aromatic heterocycles. The summed E-state index contributed by atoms with van der Waals surface area (Å²) in [6, 6.07) is 8.61. The number of sulfone groups is 1. The predicted molar refractivity (Wildman–Crippen MR) is 84.7 cm³/mol. The van der Waals surface area contributed by atoms with Crippen molar-refractivity contribution in [2.24, 2.45) is 0 Å². The van der Waals surface area contributed by atoms with Gasteiger partial charge in [0, 0.05) is 31.6 Å². The van der Waals surface area contributed by atoms with Gasteiger partial charge in [-0.1, -0.05) is 36.4 Å². The van der Waals surface area contributed by atoms with E-state index in [1.807, 2.05) is 30.3 Å². The lowest BCUT2D eigenvalue weighted by atomic mass is 10.1. The lowest BCUT2D eigenvalue weighted by Gasteiger charge is -2.17. The average Bonchev–Trinajstić information content (AvgIpc) is 2.42. The Kier molecular flexibility index (Phi) is 6.78. The van der Waals surface area contributed by atoms with Gasteiger partial charge < -0.3 is 10.6 Å². The molecule has 6 nitrogen and oxygen atoms in total. The van der Waals surface area contributed by atoms with Crippen LogP contribution in [-0.2, 0) is 25.8 Å². The summed E-state index contributed by atoms with van der Waals surface area (Å²) in [5.74, 6) is -0.667. The highest BCUT2D eigenvalue weighted by molar-refractivity contribution is 7.93. The molecule has 0 aliphatic rings. The van der Waals surface area contributed by atoms with Crippen molar-refractivity contribution >= 4 is 21.7 Å². The molecule has 1 atom stereocenters. The van der Waals surface area contributed by atoms with E-state index in [1.165, 1.54) is 13.0 Å². The second-order valence-electron chi connectivity index (χ2n) is 4.89. The van der Waals surface area contributed by atoms with Crippen molar-refractivity contribution in [1.29, 1.82) is 0 Å². The summed E-state index contributed by atoms with van der Waals surface area (Å²) in [6.45, 7) is 1.42. The largest absolute Gasteiger partial charge is 0.351 e. The quantitative estimate of drug-likeness (QED) is 0.760. The second kappa shape index (κ2) is 8.33. The smallest absolute Gasteiger partial charge is 0.243 e. The van der Waals surface area contributed by atoms with Gasteiger partial charge >= 0.3 is 0 Å². The van der Waals surface area contributed by atoms with E-state index in [2.05, 4.69) is 10.6 Å². The summed E-state index contributed by atoms with van der Waals surface area (Å²) < 4.78 is 21.9. The fourth-order valence-electron chi connectivity index (χ4n) is 1.81. The van der Waals surface area contributed by atoms with Crippen LogP contribution in [0.4, 0.5) is 0 Å². The van der Waals surface area contributed by atoms with E-state index in [9.17, 15) is 18.0 Å². The van der Waals surface area contributed by atoms with Crippen molar-refractivity contribution in [2.75, 3.05) is 12.8 Å². The van der Waals surface area contributed by atoms with Crippen LogP contribution in [0.2, 0.25) is 0 Å². The third-order valence-electron chi connectivity index (χ3n) is 2.71. The average molecular weight is 324 g/mol. The minimum absolute atomic E-state index is 0.0801. The molecule has 2 N–H and O–H groups in total. The fourth-order valence-corrected chi connectivity index (χ4v) is 2.26. The SMILES string of the molecule is CC(=O)N[C@@H](Cc1ccccc1)C(=O)NC/C=C/S(C)(=O)=O. The van der Waals surface area contributed by atoms with Crippen LogP contribution in [0.3, 0.4) is 0 Å². The molecule has 7 heteroatoms. The Morgan fingerprint density at radius 3 is 2.41 bits per heavy atom. The standard InChI is InChI=1S/C15H20N2O4S/c1-12(18)17-14(11-13-7-4-3-5-8-13)15(19)16-9-6-10-22(2,20)21/h3-8,10,14H,9,11H2,1-2H3,(H,16,19)(H,17,18)/b10-6+/t14-/m0/s1. The molecule has 0 aliphatic heterocycles. The van der Waals surface area contributed by atoms with E-state index >= 15 is 0 Å². The third-order valence-corrected chi connectivity index (χ3v) is 3.40. The molecule has 0 saturated carbocycles. The van der Waals surface area contributed by atoms with Crippen LogP contribution in [0, 0.1) is 0 Å². The number of carbonyl (C=O) groups is 2. The number of rotatable bonds is 7. The second-order valence-corrected chi connectivity index (χ2v) is 6.82. The number of amides is 2. The third kappa shape index (κ3) is 7.58. The minimum atomic E-state index is -3.21. The molecule has 120 valence electrons. The molecule has 1 rings (SSSR count). The van der Waals surface area contributed by atoms with Gasteiger partial charge in [0.05, 0.1) is 0 Å². The van der Waals surface area contributed by atoms with Crippen molar-refractivity contribution in [3.63, 3.8) is 0 Å². The Morgan fingerprint density at radius 1 is 1.23 bits per heavy atom. The monoisotopic (exact) mass is 324 g/mol. The molecule has 0 bridgehead atoms. The summed E-state index contributed by atoms with van der Waals surface area (Å²) in [4.78, 5) is 23.3. The van der Waals surface area contributed by atoms with Crippen molar-refractivity contribution in [3.05, 3.63) is 47.4 Å². The maximum Gasteiger partial charge on any atom is 0.243 e. The molecule has 0 saturated heterocycles. The van der Waals surface area contributed by atoms with Crippen LogP contribution in [0.15, 0.2) is 41.8 Å². The highest BCUT2D eigenvalue weighted by Gasteiger charge is 2.19. The van der Waals surface area contributed by atoms with Gasteiger partial charge in [0.15, 0.2) is 9.84 Å². The van der Waals surface area contributed by atoms with Crippen LogP contribution in [0.25, 0.3) is 0 Å². The molecule has 0 aliphatic carbocycles. The molecule has 0 radical (unpaired) electrons. The number of carbonyl (C=O) groups excluding carboxylic acids is 2. The highest BCUT2D eigenvalue weighted by Crippen LogP contribution is 2.03. The number of hydrogen-bond donors (Lipinski definition) is 2. The molecule has 22 heavy (non-hydrogen) atoms. The van der Waals surface area contributed by atoms with Crippen molar-refractivity contribution in [2.45, 2.75) is 19.4 Å². The highest BCUT2D eigenvalue weighted by atomic mass is 32.2. The van der Waals surface area contributed by atoms with Crippen molar-refractivity contribution < 1.29 is 18.0 Å². The van der Waals surface area contributed by atoms with Gasteiger partial charge in [0.25, 0.3) is 0 Å². The zero-order chi connectivity index (χ0) is 16.6. The number of benzene rings is 1. The molecule has 0 fully saturated rings. The van der Waals surface area contributed by atoms with Crippen LogP contribution < -0.4 is 10.6 Å². The van der Waals surface area contributed by atoms with Crippen LogP contribution >= 0.6 is 0 Å². The molecule has 1 aromatic rings. The van der Waals surface area contributed by atoms with E-state index in [4.69, 9.17) is 0 Å². The van der Waals surface area contributed by atoms with Gasteiger partial charge in [-0.3, -0.25) is 9.59 Å². The molecule has 0 heterocycles. The van der Waals surface area contributed by atoms with Gasteiger partial charge in [-0.2, -0.15) is 0 Å². The lowest BCUT2D eigenvalue weighted by molar-refractivity contribution is -0.127. The first kappa shape index (κ1) is 17.9. The first-order chi connectivity index (χ1) is 10.3. The topological polar surface area (TPSA) is 92.3 Å². The van der Waals surface area contributed by atoms with E-state index in [-0.39, 0.29) is 18.4 Å². The molecule has 0 spiro atoms. The first-order valence-corrected chi connectivity index (χ1v) is 8.69. The van der Waals surface area contributed by atoms with Crippen LogP contribution in [0.5, 0.6) is 0 Å². The predicted octanol–water partition coefficient (Wildman–Crippen LogP) is 0.408. The normalized spacial score (nSPS) is 12.8. The van der Waals surface area contributed by atoms with Gasteiger partial charge in [0.2, 0.25) is 11.8 Å². The molecule has 1 aromatic carbocycles. The van der Waals surface area contributed by atoms with Crippen LogP contribution in [0.1, 0.15) is 12.5 Å². The van der Waals surface area contributed by atoms with Gasteiger partial charge in [-0.25, -0.2) is 8.42 Å². The number of hydrogen-bond acceptors (Lipinski definition) is 4.